The monoisotopic (exact) mass is 752 g/mol. The summed E-state index contributed by atoms with van der Waals surface area (Å²) in [6, 6.07) is -29.9. The smallest absolute Gasteiger partial charge is 0.143 e. The molecule has 0 aliphatic rings. The molecule has 1 nitrogen and oxygen atoms in total. The molecule has 0 radical (unpaired) electrons. The van der Waals surface area contributed by atoms with Gasteiger partial charge >= 0.3 is 0 Å². The van der Waals surface area contributed by atoms with Gasteiger partial charge in [-0.15, -0.1) is 0 Å². The Bertz CT molecular complexity index is 5180. The van der Waals surface area contributed by atoms with E-state index in [2.05, 4.69) is 0 Å². The van der Waals surface area contributed by atoms with E-state index in [4.69, 9.17) is 26.3 Å². The van der Waals surface area contributed by atoms with Crippen LogP contribution in [0.3, 0.4) is 0 Å². The van der Waals surface area contributed by atoms with Gasteiger partial charge < -0.3 is 4.42 Å². The average Bonchev–Trinajstić information content (AvgIpc) is 1.08. The first-order chi connectivity index (χ1) is 41.6. The number of rotatable bonds is 4. The molecule has 0 amide bonds. The zero-order chi connectivity index (χ0) is 65.0. The Hall–Kier alpha value is -7.48. The van der Waals surface area contributed by atoms with Crippen LogP contribution in [0.4, 0.5) is 0 Å². The highest BCUT2D eigenvalue weighted by molar-refractivity contribution is 6.27. The number of benzene rings is 12. The topological polar surface area (TPSA) is 13.1 Å². The van der Waals surface area contributed by atoms with Crippen LogP contribution in [0, 0.1) is 0 Å². The van der Waals surface area contributed by atoms with E-state index < -0.39 is 314 Å². The quantitative estimate of drug-likeness (QED) is 0.163. The minimum atomic E-state index is -1.10. The maximum Gasteiger partial charge on any atom is 0.143 e. The Morgan fingerprint density at radius 3 is 1.05 bits per heavy atom. The lowest BCUT2D eigenvalue weighted by Gasteiger charge is -2.15. The fraction of sp³-hybridized carbons (Fsp3) is 0. The third kappa shape index (κ3) is 4.40. The van der Waals surface area contributed by atoms with Crippen LogP contribution >= 0.6 is 0 Å². The van der Waals surface area contributed by atoms with E-state index in [1.165, 1.54) is 0 Å². The summed E-state index contributed by atoms with van der Waals surface area (Å²) in [5.74, 6) is 0. The molecule has 0 N–H and O–H groups in total. The van der Waals surface area contributed by atoms with Crippen LogP contribution in [0.15, 0.2) is 198 Å². The van der Waals surface area contributed by atoms with Gasteiger partial charge in [-0.3, -0.25) is 0 Å². The molecule has 0 spiro atoms. The Kier molecular flexibility index (Phi) is 2.69. The molecule has 0 fully saturated rings. The van der Waals surface area contributed by atoms with Gasteiger partial charge in [0, 0.05) is 21.9 Å². The van der Waals surface area contributed by atoms with E-state index in [1.807, 2.05) is 0 Å². The van der Waals surface area contributed by atoms with Crippen LogP contribution in [0.25, 0.3) is 131 Å². The van der Waals surface area contributed by atoms with Gasteiger partial charge in [-0.2, -0.15) is 0 Å². The first kappa shape index (κ1) is 13.3. The third-order valence-corrected chi connectivity index (χ3v) is 9.99. The molecule has 0 atom stereocenters. The maximum atomic E-state index is 10.4. The minimum Gasteiger partial charge on any atom is -0.455 e. The van der Waals surface area contributed by atoms with Gasteiger partial charge in [0.05, 0.1) is 43.9 Å². The van der Waals surface area contributed by atoms with Crippen LogP contribution < -0.4 is 0 Å². The number of fused-ring (bicyclic) bond motifs is 3. The highest BCUT2D eigenvalue weighted by Gasteiger charge is 2.22. The fourth-order valence-corrected chi connectivity index (χ4v) is 7.55. The second-order valence-electron chi connectivity index (χ2n) is 13.0. The number of hydrogen-bond donors (Lipinski definition) is 0. The van der Waals surface area contributed by atoms with Crippen molar-refractivity contribution in [3.05, 3.63) is 193 Å². The van der Waals surface area contributed by atoms with Crippen molar-refractivity contribution in [1.29, 1.82) is 0 Å². The number of hydrogen-bond acceptors (Lipinski definition) is 1. The summed E-state index contributed by atoms with van der Waals surface area (Å²) in [7, 11) is 0. The van der Waals surface area contributed by atoms with E-state index in [1.54, 1.807) is 0 Å². The van der Waals surface area contributed by atoms with Crippen LogP contribution in [0.2, 0.25) is 0 Å². The van der Waals surface area contributed by atoms with Crippen molar-refractivity contribution in [2.45, 2.75) is 0 Å². The van der Waals surface area contributed by atoms with E-state index in [9.17, 15) is 21.9 Å². The summed E-state index contributed by atoms with van der Waals surface area (Å²) < 4.78 is 303. The molecule has 13 rings (SSSR count). The molecule has 13 aromatic rings. The molecule has 0 aliphatic heterocycles. The lowest BCUT2D eigenvalue weighted by Crippen LogP contribution is -1.89. The molecule has 1 heterocycles. The second-order valence-corrected chi connectivity index (χ2v) is 13.0. The lowest BCUT2D eigenvalue weighted by atomic mass is 9.87. The van der Waals surface area contributed by atoms with Crippen molar-refractivity contribution in [2.75, 3.05) is 0 Å². The lowest BCUT2D eigenvalue weighted by molar-refractivity contribution is 0.671. The molecular formula is C56H32O. The van der Waals surface area contributed by atoms with Crippen molar-refractivity contribution in [3.63, 3.8) is 0 Å². The SMILES string of the molecule is [2H]c1c([2H])c([2H])c(-c2c([2H])c(-c3c([2H])c([2H])c4c([2H])c([2H])c5c([2H])c([2H])c([2H])c6c([2H])c([2H])c3c4c56)c([2H])c3c2oc2c(-c4c([2H])c([2H])c([2H])c([2H])c4[2H])c([2H])c(-c4c([2H])c([2H])c5c([2H])c([2H])c6c([2H])c([2H])c([2H])c7c([2H])c([2H])c4c5c67)c([2H])c23)c([2H])c1[2H]. The molecule has 262 valence electrons. The summed E-state index contributed by atoms with van der Waals surface area (Å²) in [5.41, 5.74) is -8.70. The fourth-order valence-electron chi connectivity index (χ4n) is 7.55. The zero-order valence-electron chi connectivity index (χ0n) is 60.4. The summed E-state index contributed by atoms with van der Waals surface area (Å²) in [6.07, 6.45) is 0. The van der Waals surface area contributed by atoms with Gasteiger partial charge in [-0.25, -0.2) is 0 Å². The maximum absolute atomic E-state index is 10.4. The van der Waals surface area contributed by atoms with Gasteiger partial charge in [-0.1, -0.05) is 169 Å². The van der Waals surface area contributed by atoms with Crippen molar-refractivity contribution in [3.8, 4) is 44.5 Å². The van der Waals surface area contributed by atoms with Crippen molar-refractivity contribution in [1.82, 2.24) is 0 Å². The van der Waals surface area contributed by atoms with Crippen LogP contribution in [-0.4, -0.2) is 0 Å². The van der Waals surface area contributed by atoms with Crippen LogP contribution in [0.5, 0.6) is 0 Å². The average molecular weight is 753 g/mol. The Morgan fingerprint density at radius 2 is 0.632 bits per heavy atom. The normalized spacial score (nSPS) is 20.1. The molecular weight excluding hydrogens is 689 g/mol. The molecule has 57 heavy (non-hydrogen) atoms. The van der Waals surface area contributed by atoms with E-state index >= 15 is 0 Å². The van der Waals surface area contributed by atoms with E-state index in [0.717, 1.165) is 0 Å². The third-order valence-electron chi connectivity index (χ3n) is 9.99. The predicted molar refractivity (Wildman–Crippen MR) is 243 cm³/mol. The Balaban J connectivity index is 1.36. The van der Waals surface area contributed by atoms with Crippen molar-refractivity contribution < 1.29 is 48.3 Å². The largest absolute Gasteiger partial charge is 0.455 e. The zero-order valence-corrected chi connectivity index (χ0v) is 28.4. The predicted octanol–water partition coefficient (Wildman–Crippen LogP) is 16.0. The molecule has 12 aromatic carbocycles. The summed E-state index contributed by atoms with van der Waals surface area (Å²) in [6.45, 7) is 0. The molecule has 0 unspecified atom stereocenters. The molecule has 0 saturated carbocycles. The summed E-state index contributed by atoms with van der Waals surface area (Å²) in [5, 5.41) is -7.49. The highest BCUT2D eigenvalue weighted by atomic mass is 16.3. The van der Waals surface area contributed by atoms with Gasteiger partial charge in [0.1, 0.15) is 11.2 Å². The Morgan fingerprint density at radius 1 is 0.263 bits per heavy atom. The first-order valence-electron chi connectivity index (χ1n) is 33.2. The number of furan rings is 1. The minimum absolute atomic E-state index is 0.367. The van der Waals surface area contributed by atoms with Crippen LogP contribution in [0.1, 0.15) is 43.9 Å². The van der Waals surface area contributed by atoms with Gasteiger partial charge in [0.2, 0.25) is 0 Å². The van der Waals surface area contributed by atoms with Gasteiger partial charge in [0.25, 0.3) is 0 Å². The molecule has 1 heteroatoms. The van der Waals surface area contributed by atoms with Crippen molar-refractivity contribution >= 4 is 86.6 Å². The van der Waals surface area contributed by atoms with Gasteiger partial charge in [0.15, 0.2) is 0 Å². The molecule has 0 bridgehead atoms. The second kappa shape index (κ2) is 11.5. The first-order valence-corrected chi connectivity index (χ1v) is 17.2. The molecule has 1 aromatic heterocycles. The summed E-state index contributed by atoms with van der Waals surface area (Å²) >= 11 is 0. The van der Waals surface area contributed by atoms with Crippen LogP contribution in [-0.2, 0) is 0 Å². The molecule has 0 aliphatic carbocycles. The molecule has 0 saturated heterocycles. The highest BCUT2D eigenvalue weighted by Crippen LogP contribution is 2.48. The Labute approximate surface area is 373 Å². The van der Waals surface area contributed by atoms with E-state index in [0.29, 0.717) is 0 Å². The van der Waals surface area contributed by atoms with Crippen molar-refractivity contribution in [2.24, 2.45) is 0 Å². The standard InChI is InChI=1S/C56H32O/c1-3-9-33(10-4-1)47-29-41(43-25-21-39-19-17-35-13-7-15-37-23-27-45(43)53(39)51(35)37)31-49-50-32-42(30-48(56(50)57-55(47)49)34-11-5-2-6-12-34)44-26-22-40-20-18-36-14-8-16-38-24-28-46(44)54(40)52(36)38/h1-32H/i1D,2D,3D,4D,5D,6D,7D,8D,9D,10D,11D,12D,13D,14D,15D,16D,17D,18D,19D,20D,21D,22D,23D,24D,25D,26D,27D,28D,29D,30D,31D,32D. The summed E-state index contributed by atoms with van der Waals surface area (Å²) in [4.78, 5) is 0. The van der Waals surface area contributed by atoms with E-state index in [-0.39, 0.29) is 10.8 Å². The van der Waals surface area contributed by atoms with Gasteiger partial charge in [-0.05, 0) is 122 Å².